The van der Waals surface area contributed by atoms with E-state index in [0.717, 1.165) is 5.52 Å². The molecule has 7 nitrogen and oxygen atoms in total. The fourth-order valence-electron chi connectivity index (χ4n) is 2.66. The Labute approximate surface area is 114 Å². The van der Waals surface area contributed by atoms with Crippen molar-refractivity contribution in [1.29, 1.82) is 0 Å². The number of carbonyl (C=O) groups excluding carboxylic acids is 1. The van der Waals surface area contributed by atoms with Crippen molar-refractivity contribution in [1.82, 2.24) is 9.55 Å². The molecule has 1 aromatic carbocycles. The first kappa shape index (κ1) is 12.9. The van der Waals surface area contributed by atoms with Crippen LogP contribution in [0, 0.1) is 12.1 Å². The third-order valence-corrected chi connectivity index (χ3v) is 3.51. The quantitative estimate of drug-likeness (QED) is 0.666. The van der Waals surface area contributed by atoms with Crippen LogP contribution in [0.15, 0.2) is 12.1 Å². The smallest absolute Gasteiger partial charge is 0.303 e. The van der Waals surface area contributed by atoms with Crippen LogP contribution in [0.2, 0.25) is 0 Å². The first-order valence-electron chi connectivity index (χ1n) is 6.31. The Bertz CT molecular complexity index is 692. The zero-order valence-electron chi connectivity index (χ0n) is 11.2. The molecule has 0 aliphatic carbocycles. The van der Waals surface area contributed by atoms with Crippen LogP contribution in [-0.4, -0.2) is 20.7 Å². The zero-order chi connectivity index (χ0) is 14.4. The van der Waals surface area contributed by atoms with E-state index >= 15 is 0 Å². The second-order valence-electron chi connectivity index (χ2n) is 4.91. The van der Waals surface area contributed by atoms with Crippen LogP contribution in [0.1, 0.15) is 30.8 Å². The van der Waals surface area contributed by atoms with Crippen molar-refractivity contribution in [2.24, 2.45) is 0 Å². The Balaban J connectivity index is 2.11. The van der Waals surface area contributed by atoms with E-state index in [1.165, 1.54) is 13.0 Å². The summed E-state index contributed by atoms with van der Waals surface area (Å²) in [6.07, 6.45) is 0.355. The SMILES string of the molecule is CC(=O)OC1CCn2c1nc1cc(N([O-])O)c(C)cc12. The number of anilines is 1. The molecule has 0 spiro atoms. The minimum absolute atomic E-state index is 0.164. The second-order valence-corrected chi connectivity index (χ2v) is 4.91. The highest BCUT2D eigenvalue weighted by Crippen LogP contribution is 2.34. The summed E-state index contributed by atoms with van der Waals surface area (Å²) in [4.78, 5) is 15.5. The number of hydrogen-bond donors (Lipinski definition) is 1. The number of rotatable bonds is 2. The summed E-state index contributed by atoms with van der Waals surface area (Å²) in [5, 5.41) is 20.0. The number of hydrogen-bond acceptors (Lipinski definition) is 6. The maximum atomic E-state index is 11.1. The predicted molar refractivity (Wildman–Crippen MR) is 71.2 cm³/mol. The fourth-order valence-corrected chi connectivity index (χ4v) is 2.66. The topological polar surface area (TPSA) is 90.7 Å². The van der Waals surface area contributed by atoms with Crippen molar-refractivity contribution in [3.05, 3.63) is 28.7 Å². The number of imidazole rings is 1. The molecule has 20 heavy (non-hydrogen) atoms. The fraction of sp³-hybridized carbons (Fsp3) is 0.385. The minimum Gasteiger partial charge on any atom is -0.733 e. The largest absolute Gasteiger partial charge is 0.733 e. The van der Waals surface area contributed by atoms with Gasteiger partial charge in [0.05, 0.1) is 16.7 Å². The van der Waals surface area contributed by atoms with Gasteiger partial charge in [-0.25, -0.2) is 4.98 Å². The molecule has 0 saturated carbocycles. The van der Waals surface area contributed by atoms with Crippen LogP contribution < -0.4 is 5.23 Å². The highest BCUT2D eigenvalue weighted by Gasteiger charge is 2.29. The lowest BCUT2D eigenvalue weighted by molar-refractivity contribution is -0.146. The third-order valence-electron chi connectivity index (χ3n) is 3.51. The first-order valence-corrected chi connectivity index (χ1v) is 6.31. The molecule has 3 rings (SSSR count). The second kappa shape index (κ2) is 4.46. The summed E-state index contributed by atoms with van der Waals surface area (Å²) < 4.78 is 7.21. The first-order chi connectivity index (χ1) is 9.47. The molecule has 0 amide bonds. The summed E-state index contributed by atoms with van der Waals surface area (Å²) in [7, 11) is 0. The monoisotopic (exact) mass is 276 g/mol. The molecular formula is C13H14N3O4-. The summed E-state index contributed by atoms with van der Waals surface area (Å²) in [6.45, 7) is 3.83. The average Bonchev–Trinajstić information content (AvgIpc) is 2.88. The number of esters is 1. The van der Waals surface area contributed by atoms with Crippen molar-refractivity contribution < 1.29 is 14.7 Å². The molecule has 2 aromatic rings. The summed E-state index contributed by atoms with van der Waals surface area (Å²) in [6, 6.07) is 3.34. The van der Waals surface area contributed by atoms with E-state index in [1.54, 1.807) is 13.0 Å². The van der Waals surface area contributed by atoms with Crippen molar-refractivity contribution in [3.63, 3.8) is 0 Å². The Morgan fingerprint density at radius 2 is 2.35 bits per heavy atom. The van der Waals surface area contributed by atoms with Gasteiger partial charge >= 0.3 is 5.97 Å². The highest BCUT2D eigenvalue weighted by atomic mass is 16.8. The molecule has 1 unspecified atom stereocenters. The number of fused-ring (bicyclic) bond motifs is 3. The Morgan fingerprint density at radius 3 is 3.00 bits per heavy atom. The Morgan fingerprint density at radius 1 is 1.60 bits per heavy atom. The molecule has 1 atom stereocenters. The minimum atomic E-state index is -0.346. The number of nitrogens with zero attached hydrogens (tertiary/aromatic N) is 3. The standard InChI is InChI=1S/C13H14N3O4/c1-7-5-11-9(6-10(7)16(18)19)14-13-12(20-8(2)17)3-4-15(11)13/h5-6,12,18H,3-4H2,1-2H3/q-1. The molecule has 0 radical (unpaired) electrons. The van der Waals surface area contributed by atoms with Gasteiger partial charge in [-0.15, -0.1) is 0 Å². The van der Waals surface area contributed by atoms with Crippen molar-refractivity contribution in [3.8, 4) is 0 Å². The van der Waals surface area contributed by atoms with Crippen molar-refractivity contribution >= 4 is 22.7 Å². The van der Waals surface area contributed by atoms with E-state index in [9.17, 15) is 10.0 Å². The van der Waals surface area contributed by atoms with Crippen LogP contribution in [-0.2, 0) is 16.1 Å². The van der Waals surface area contributed by atoms with E-state index in [2.05, 4.69) is 4.98 Å². The van der Waals surface area contributed by atoms with Gasteiger partial charge in [-0.05, 0) is 24.6 Å². The molecule has 0 saturated heterocycles. The average molecular weight is 276 g/mol. The summed E-state index contributed by atoms with van der Waals surface area (Å²) >= 11 is 0. The van der Waals surface area contributed by atoms with Crippen LogP contribution in [0.5, 0.6) is 0 Å². The molecule has 1 aliphatic heterocycles. The van der Waals surface area contributed by atoms with Crippen LogP contribution in [0.3, 0.4) is 0 Å². The maximum absolute atomic E-state index is 11.1. The number of aryl methyl sites for hydroxylation is 2. The van der Waals surface area contributed by atoms with Gasteiger partial charge in [0.1, 0.15) is 0 Å². The maximum Gasteiger partial charge on any atom is 0.303 e. The number of benzene rings is 1. The molecule has 0 fully saturated rings. The molecule has 2 heterocycles. The van der Waals surface area contributed by atoms with Crippen LogP contribution in [0.4, 0.5) is 5.69 Å². The Kier molecular flexibility index (Phi) is 2.88. The summed E-state index contributed by atoms with van der Waals surface area (Å²) in [5.41, 5.74) is 2.30. The molecule has 0 bridgehead atoms. The lowest BCUT2D eigenvalue weighted by Crippen LogP contribution is -2.08. The lowest BCUT2D eigenvalue weighted by Gasteiger charge is -2.23. The van der Waals surface area contributed by atoms with Gasteiger partial charge in [-0.3, -0.25) is 10.0 Å². The molecule has 1 aromatic heterocycles. The van der Waals surface area contributed by atoms with E-state index in [4.69, 9.17) is 9.94 Å². The van der Waals surface area contributed by atoms with Gasteiger partial charge in [0.2, 0.25) is 0 Å². The van der Waals surface area contributed by atoms with E-state index in [0.29, 0.717) is 29.9 Å². The van der Waals surface area contributed by atoms with Gasteiger partial charge in [0.25, 0.3) is 0 Å². The van der Waals surface area contributed by atoms with Crippen molar-refractivity contribution in [2.75, 3.05) is 5.23 Å². The predicted octanol–water partition coefficient (Wildman–Crippen LogP) is 2.05. The number of ether oxygens (including phenoxy) is 1. The number of aromatic nitrogens is 2. The Hall–Kier alpha value is -2.12. The van der Waals surface area contributed by atoms with Gasteiger partial charge in [0, 0.05) is 19.9 Å². The van der Waals surface area contributed by atoms with Gasteiger partial charge in [0.15, 0.2) is 11.9 Å². The normalized spacial score (nSPS) is 17.3. The molecule has 106 valence electrons. The zero-order valence-corrected chi connectivity index (χ0v) is 11.2. The molecule has 1 N–H and O–H groups in total. The van der Waals surface area contributed by atoms with Crippen LogP contribution in [0.25, 0.3) is 11.0 Å². The van der Waals surface area contributed by atoms with E-state index in [-0.39, 0.29) is 23.0 Å². The van der Waals surface area contributed by atoms with E-state index < -0.39 is 0 Å². The number of carbonyl (C=O) groups is 1. The third kappa shape index (κ3) is 1.91. The molecular weight excluding hydrogens is 262 g/mol. The molecule has 1 aliphatic rings. The van der Waals surface area contributed by atoms with Crippen molar-refractivity contribution in [2.45, 2.75) is 32.9 Å². The summed E-state index contributed by atoms with van der Waals surface area (Å²) in [5.74, 6) is 0.343. The highest BCUT2D eigenvalue weighted by molar-refractivity contribution is 5.82. The lowest BCUT2D eigenvalue weighted by atomic mass is 10.2. The van der Waals surface area contributed by atoms with Gasteiger partial charge < -0.3 is 19.7 Å². The van der Waals surface area contributed by atoms with Gasteiger partial charge in [-0.2, -0.15) is 0 Å². The van der Waals surface area contributed by atoms with E-state index in [1.807, 2.05) is 4.57 Å². The van der Waals surface area contributed by atoms with Crippen LogP contribution >= 0.6 is 0 Å². The van der Waals surface area contributed by atoms with Gasteiger partial charge in [-0.1, -0.05) is 0 Å². The molecule has 7 heteroatoms.